The summed E-state index contributed by atoms with van der Waals surface area (Å²) in [7, 11) is -0.300. The van der Waals surface area contributed by atoms with Crippen LogP contribution in [-0.4, -0.2) is 82.7 Å². The minimum absolute atomic E-state index is 0. The van der Waals surface area contributed by atoms with E-state index in [2.05, 4.69) is 24.6 Å². The Hall–Kier alpha value is -6.80. The first kappa shape index (κ1) is 60.8. The van der Waals surface area contributed by atoms with Crippen LogP contribution in [0.3, 0.4) is 0 Å². The number of H-pyrrole nitrogens is 2. The van der Waals surface area contributed by atoms with Gasteiger partial charge in [-0.15, -0.1) is 0 Å². The summed E-state index contributed by atoms with van der Waals surface area (Å²) in [6.45, 7) is 14.0. The molecule has 6 aromatic rings. The van der Waals surface area contributed by atoms with Crippen LogP contribution in [0.1, 0.15) is 62.8 Å². The van der Waals surface area contributed by atoms with Gasteiger partial charge in [0.15, 0.2) is 22.9 Å². The lowest BCUT2D eigenvalue weighted by Gasteiger charge is -2.61. The SMILES string of the molecule is COc1ccc(Oc2c(Cl)cc(-n3nc(C(F)F)c(=O)[nH]c3=O)cc2Cl)cc1S(=O)(=O)Cl.F.[C-]#[N+]C12CC(N)(C1)C2.[C-]#[N+]C12CC(NS(=O)(=O)c3cc(Oc4c(Cl)cc(-n5nc(C(F)F)c(=O)[nH]c5=O)cc4Cl)ccc3OC)(C1)C2. The number of benzene rings is 4. The third-order valence-electron chi connectivity index (χ3n) is 12.7. The van der Waals surface area contributed by atoms with E-state index in [1.54, 1.807) is 9.97 Å². The van der Waals surface area contributed by atoms with Gasteiger partial charge in [-0.3, -0.25) is 24.3 Å². The fourth-order valence-corrected chi connectivity index (χ4v) is 13.0. The van der Waals surface area contributed by atoms with Crippen LogP contribution in [0.4, 0.5) is 22.3 Å². The maximum absolute atomic E-state index is 13.2. The molecule has 2 heterocycles. The van der Waals surface area contributed by atoms with Crippen molar-refractivity contribution in [1.29, 1.82) is 0 Å². The van der Waals surface area contributed by atoms with Crippen LogP contribution in [0.5, 0.6) is 34.5 Å². The number of hydrogen-bond donors (Lipinski definition) is 4. The van der Waals surface area contributed by atoms with E-state index in [9.17, 15) is 53.6 Å². The molecule has 0 atom stereocenters. The van der Waals surface area contributed by atoms with Crippen LogP contribution in [-0.2, 0) is 19.1 Å². The number of nitrogens with one attached hydrogen (secondary N) is 3. The Balaban J connectivity index is 0.000000202. The number of methoxy groups -OCH3 is 2. The zero-order valence-electron chi connectivity index (χ0n) is 40.5. The van der Waals surface area contributed by atoms with Gasteiger partial charge in [-0.05, 0) is 48.5 Å². The normalized spacial score (nSPS) is 20.9. The van der Waals surface area contributed by atoms with Crippen LogP contribution in [0.15, 0.2) is 89.6 Å². The lowest BCUT2D eigenvalue weighted by atomic mass is 9.45. The average molecular weight is 1260 g/mol. The third kappa shape index (κ3) is 12.0. The predicted octanol–water partition coefficient (Wildman–Crippen LogP) is 8.42. The van der Waals surface area contributed by atoms with E-state index in [1.807, 2.05) is 0 Å². The highest BCUT2D eigenvalue weighted by atomic mass is 35.7. The zero-order valence-corrected chi connectivity index (χ0v) is 45.9. The Morgan fingerprint density at radius 1 is 0.650 bits per heavy atom. The maximum atomic E-state index is 13.2. The number of hydrogen-bond acceptors (Lipinski definition) is 15. The van der Waals surface area contributed by atoms with Gasteiger partial charge in [-0.2, -0.15) is 19.6 Å². The molecule has 34 heteroatoms. The van der Waals surface area contributed by atoms with Gasteiger partial charge in [0.1, 0.15) is 32.8 Å². The fraction of sp³-hybridized carbons (Fsp3) is 0.304. The van der Waals surface area contributed by atoms with E-state index in [-0.39, 0.29) is 91.5 Å². The monoisotopic (exact) mass is 1250 g/mol. The van der Waals surface area contributed by atoms with E-state index in [0.29, 0.717) is 28.6 Å². The highest BCUT2D eigenvalue weighted by Gasteiger charge is 2.76. The number of alkyl halides is 4. The molecular formula is C46H36Cl5F5N10O12S2. The second-order valence-electron chi connectivity index (χ2n) is 18.4. The molecule has 0 spiro atoms. The molecule has 6 saturated carbocycles. The highest BCUT2D eigenvalue weighted by Crippen LogP contribution is 2.63. The molecule has 424 valence electrons. The Kier molecular flexibility index (Phi) is 16.9. The van der Waals surface area contributed by atoms with E-state index in [1.165, 1.54) is 44.6 Å². The molecule has 6 aliphatic carbocycles. The molecule has 2 aromatic heterocycles. The number of halogens is 10. The van der Waals surface area contributed by atoms with Crippen molar-refractivity contribution in [3.05, 3.63) is 157 Å². The van der Waals surface area contributed by atoms with Crippen molar-refractivity contribution in [2.24, 2.45) is 5.73 Å². The number of sulfonamides is 1. The van der Waals surface area contributed by atoms with Crippen LogP contribution in [0, 0.1) is 13.1 Å². The Bertz CT molecular complexity index is 4000. The first-order valence-corrected chi connectivity index (χ1v) is 27.5. The number of rotatable bonds is 14. The van der Waals surface area contributed by atoms with Gasteiger partial charge in [0, 0.05) is 66.9 Å². The predicted molar refractivity (Wildman–Crippen MR) is 279 cm³/mol. The minimum Gasteiger partial charge on any atom is -0.495 e. The van der Waals surface area contributed by atoms with Gasteiger partial charge in [0.05, 0.1) is 51.2 Å². The molecule has 0 radical (unpaired) electrons. The van der Waals surface area contributed by atoms with Crippen molar-refractivity contribution >= 4 is 76.2 Å². The average Bonchev–Trinajstić information content (AvgIpc) is 3.32. The summed E-state index contributed by atoms with van der Waals surface area (Å²) in [6.07, 6.45) is -2.29. The number of nitrogens with two attached hydrogens (primary N) is 1. The summed E-state index contributed by atoms with van der Waals surface area (Å²) in [5.74, 6) is -0.270. The molecule has 4 bridgehead atoms. The Labute approximate surface area is 471 Å². The van der Waals surface area contributed by atoms with Crippen molar-refractivity contribution in [2.75, 3.05) is 14.2 Å². The van der Waals surface area contributed by atoms with E-state index in [4.69, 9.17) is 94.9 Å². The molecule has 6 fully saturated rings. The molecule has 12 rings (SSSR count). The quantitative estimate of drug-likeness (QED) is 0.0452. The van der Waals surface area contributed by atoms with Crippen molar-refractivity contribution in [1.82, 2.24) is 34.3 Å². The van der Waals surface area contributed by atoms with Gasteiger partial charge >= 0.3 is 11.4 Å². The molecule has 0 saturated heterocycles. The smallest absolute Gasteiger partial charge is 0.349 e. The lowest BCUT2D eigenvalue weighted by molar-refractivity contribution is -0.0328. The minimum atomic E-state index is -4.18. The molecule has 6 aliphatic rings. The van der Waals surface area contributed by atoms with Crippen LogP contribution < -0.4 is 51.9 Å². The molecular weight excluding hydrogens is 1220 g/mol. The molecule has 5 N–H and O–H groups in total. The fourth-order valence-electron chi connectivity index (χ4n) is 9.30. The van der Waals surface area contributed by atoms with E-state index in [0.717, 1.165) is 49.6 Å². The lowest BCUT2D eigenvalue weighted by Crippen LogP contribution is -2.77. The third-order valence-corrected chi connectivity index (χ3v) is 16.8. The number of ether oxygens (including phenoxy) is 4. The van der Waals surface area contributed by atoms with Gasteiger partial charge in [0.25, 0.3) is 33.0 Å². The van der Waals surface area contributed by atoms with Gasteiger partial charge < -0.3 is 34.4 Å². The Morgan fingerprint density at radius 3 is 1.34 bits per heavy atom. The summed E-state index contributed by atoms with van der Waals surface area (Å²) >= 11 is 24.9. The number of nitrogens with zero attached hydrogens (tertiary/aromatic N) is 6. The molecule has 0 aliphatic heterocycles. The summed E-state index contributed by atoms with van der Waals surface area (Å²) in [5, 5.41) is 6.04. The van der Waals surface area contributed by atoms with Crippen LogP contribution >= 0.6 is 57.1 Å². The van der Waals surface area contributed by atoms with Crippen molar-refractivity contribution in [3.63, 3.8) is 0 Å². The van der Waals surface area contributed by atoms with E-state index >= 15 is 0 Å². The highest BCUT2D eigenvalue weighted by molar-refractivity contribution is 8.13. The van der Waals surface area contributed by atoms with Gasteiger partial charge in [-0.25, -0.2) is 61.9 Å². The van der Waals surface area contributed by atoms with Gasteiger partial charge in [-0.1, -0.05) is 46.4 Å². The summed E-state index contributed by atoms with van der Waals surface area (Å²) < 4.78 is 127. The summed E-state index contributed by atoms with van der Waals surface area (Å²) in [6, 6.07) is 12.2. The summed E-state index contributed by atoms with van der Waals surface area (Å²) in [4.78, 5) is 57.2. The van der Waals surface area contributed by atoms with Crippen LogP contribution in [0.25, 0.3) is 21.1 Å². The maximum Gasteiger partial charge on any atom is 0.349 e. The largest absolute Gasteiger partial charge is 0.495 e. The first-order valence-electron chi connectivity index (χ1n) is 22.2. The van der Waals surface area contributed by atoms with Crippen molar-refractivity contribution in [3.8, 4) is 45.9 Å². The molecule has 4 aromatic carbocycles. The molecule has 0 unspecified atom stereocenters. The molecule has 80 heavy (non-hydrogen) atoms. The second kappa shape index (κ2) is 22.3. The zero-order chi connectivity index (χ0) is 57.9. The number of aromatic nitrogens is 6. The molecule has 22 nitrogen and oxygen atoms in total. The first-order chi connectivity index (χ1) is 36.9. The van der Waals surface area contributed by atoms with Gasteiger partial charge in [0.2, 0.25) is 21.1 Å². The topological polar surface area (TPSA) is 287 Å². The number of aromatic amines is 2. The second-order valence-corrected chi connectivity index (χ2v) is 24.3. The standard InChI is InChI=1S/C23H17Cl2F2N5O6S.C17H10Cl3F2N3O6S.C6H8N2.FH/c1-28-22-8-23(9-22,10-22)31-39(35,36)16-7-12(3-4-15(16)37-2)38-18-13(24)5-11(6-14(18)25)32-21(34)29-20(33)17(30-32)19(26)27;1-30-11-3-2-8(6-12(11)32(20,28)29)31-14-9(18)4-7(5-10(14)19)25-17(27)23-16(26)13(24-25)15(21)22;1-8-6-2-5(7,3-6)4-6;/h3-7,19,31H,8-10H2,2H3,(H,29,33,34);2-6,15H,1H3,(H,23,26,27);2-4,7H2;1H. The van der Waals surface area contributed by atoms with E-state index < -0.39 is 76.9 Å². The summed E-state index contributed by atoms with van der Waals surface area (Å²) in [5.41, 5.74) is -2.79. The Morgan fingerprint density at radius 2 is 1.01 bits per heavy atom. The van der Waals surface area contributed by atoms with Crippen molar-refractivity contribution in [2.45, 2.75) is 83.3 Å². The van der Waals surface area contributed by atoms with Crippen molar-refractivity contribution < 1.29 is 58.0 Å². The van der Waals surface area contributed by atoms with Crippen LogP contribution in [0.2, 0.25) is 20.1 Å². The molecule has 0 amide bonds.